The molecule has 0 saturated heterocycles. The minimum atomic E-state index is -0.604. The number of carbonyl (C=O) groups is 1. The van der Waals surface area contributed by atoms with Gasteiger partial charge in [0.15, 0.2) is 5.57 Å². The number of anilines is 1. The smallest absolute Gasteiger partial charge is 0.273 e. The molecule has 4 aromatic rings. The highest BCUT2D eigenvalue weighted by Crippen LogP contribution is 2.14. The molecule has 1 heterocycles. The van der Waals surface area contributed by atoms with Gasteiger partial charge in [-0.05, 0) is 55.0 Å². The molecule has 162 valence electrons. The third-order valence-electron chi connectivity index (χ3n) is 4.87. The Bertz CT molecular complexity index is 1530. The third-order valence-corrected chi connectivity index (χ3v) is 6.21. The number of hydrogen-bond donors (Lipinski definition) is 1. The average molecular weight is 472 g/mol. The molecule has 1 amide bonds. The van der Waals surface area contributed by atoms with E-state index < -0.39 is 5.91 Å². The number of halogens is 1. The molecule has 0 aliphatic rings. The Morgan fingerprint density at radius 1 is 1.03 bits per heavy atom. The lowest BCUT2D eigenvalue weighted by molar-refractivity contribution is -0.111. The summed E-state index contributed by atoms with van der Waals surface area (Å²) in [7, 11) is 0. The second-order valence-electron chi connectivity index (χ2n) is 7.25. The van der Waals surface area contributed by atoms with E-state index in [0.717, 1.165) is 22.5 Å². The molecule has 5 nitrogen and oxygen atoms in total. The van der Waals surface area contributed by atoms with E-state index in [1.807, 2.05) is 43.3 Å². The molecule has 0 atom stereocenters. The Labute approximate surface area is 199 Å². The van der Waals surface area contributed by atoms with Gasteiger partial charge in [0.2, 0.25) is 0 Å². The van der Waals surface area contributed by atoms with Gasteiger partial charge in [-0.3, -0.25) is 14.2 Å². The van der Waals surface area contributed by atoms with Gasteiger partial charge in [-0.2, -0.15) is 5.26 Å². The number of benzene rings is 3. The van der Waals surface area contributed by atoms with E-state index in [4.69, 9.17) is 11.6 Å². The fourth-order valence-corrected chi connectivity index (χ4v) is 4.43. The predicted molar refractivity (Wildman–Crippen MR) is 133 cm³/mol. The van der Waals surface area contributed by atoms with Crippen LogP contribution in [-0.4, -0.2) is 10.5 Å². The van der Waals surface area contributed by atoms with Gasteiger partial charge < -0.3 is 5.32 Å². The minimum absolute atomic E-state index is 0.153. The molecular formula is C26H18ClN3O2S. The summed E-state index contributed by atoms with van der Waals surface area (Å²) in [6, 6.07) is 25.3. The van der Waals surface area contributed by atoms with Crippen LogP contribution in [0, 0.1) is 18.3 Å². The van der Waals surface area contributed by atoms with Gasteiger partial charge in [-0.15, -0.1) is 11.3 Å². The summed E-state index contributed by atoms with van der Waals surface area (Å²) >= 11 is 7.02. The molecule has 4 rings (SSSR count). The number of thiazole rings is 1. The van der Waals surface area contributed by atoms with Crippen LogP contribution in [0.1, 0.15) is 11.1 Å². The summed E-state index contributed by atoms with van der Waals surface area (Å²) in [6.45, 7) is 1.99. The number of aryl methyl sites for hydroxylation is 1. The lowest BCUT2D eigenvalue weighted by atomic mass is 10.1. The molecule has 0 spiro atoms. The van der Waals surface area contributed by atoms with Crippen LogP contribution in [0.25, 0.3) is 17.3 Å². The number of para-hydroxylation sites is 1. The molecule has 0 radical (unpaired) electrons. The fraction of sp³-hybridized carbons (Fsp3) is 0.0385. The summed E-state index contributed by atoms with van der Waals surface area (Å²) in [5.41, 5.74) is 2.58. The van der Waals surface area contributed by atoms with Gasteiger partial charge in [0.05, 0.1) is 10.2 Å². The number of carbonyl (C=O) groups excluding carboxylic acids is 1. The zero-order valence-electron chi connectivity index (χ0n) is 17.6. The van der Waals surface area contributed by atoms with Gasteiger partial charge in [-0.25, -0.2) is 0 Å². The molecular weight excluding hydrogens is 454 g/mol. The van der Waals surface area contributed by atoms with Crippen LogP contribution in [0.2, 0.25) is 5.02 Å². The van der Waals surface area contributed by atoms with Crippen molar-refractivity contribution < 1.29 is 4.79 Å². The van der Waals surface area contributed by atoms with E-state index in [-0.39, 0.29) is 15.8 Å². The molecule has 0 aliphatic carbocycles. The Morgan fingerprint density at radius 2 is 1.70 bits per heavy atom. The highest BCUT2D eigenvalue weighted by Gasteiger charge is 2.17. The number of aromatic nitrogens is 1. The largest absolute Gasteiger partial charge is 0.321 e. The second-order valence-corrected chi connectivity index (χ2v) is 8.72. The van der Waals surface area contributed by atoms with E-state index in [2.05, 4.69) is 5.32 Å². The predicted octanol–water partition coefficient (Wildman–Crippen LogP) is 4.00. The van der Waals surface area contributed by atoms with Crippen LogP contribution < -0.4 is 20.1 Å². The van der Waals surface area contributed by atoms with Crippen LogP contribution in [0.3, 0.4) is 0 Å². The summed E-state index contributed by atoms with van der Waals surface area (Å²) in [4.78, 5) is 26.4. The Kier molecular flexibility index (Phi) is 6.55. The first-order valence-electron chi connectivity index (χ1n) is 10.0. The quantitative estimate of drug-likeness (QED) is 0.488. The van der Waals surface area contributed by atoms with E-state index in [1.54, 1.807) is 54.6 Å². The number of rotatable bonds is 4. The first kappa shape index (κ1) is 22.3. The maximum absolute atomic E-state index is 13.4. The van der Waals surface area contributed by atoms with Crippen molar-refractivity contribution in [2.45, 2.75) is 6.92 Å². The molecule has 1 aromatic heterocycles. The standard InChI is InChI=1S/C26H18ClN3O2S/c1-17-7-9-18(10-8-17)15-23-25(32)30(21-5-3-2-4-6-21)26(33-23)22(16-28)24(31)29-20-13-11-19(27)12-14-20/h2-15H,1H3,(H,29,31). The maximum atomic E-state index is 13.4. The fourth-order valence-electron chi connectivity index (χ4n) is 3.20. The molecule has 0 unspecified atom stereocenters. The first-order chi connectivity index (χ1) is 16.0. The lowest BCUT2D eigenvalue weighted by Gasteiger charge is -2.06. The summed E-state index contributed by atoms with van der Waals surface area (Å²) < 4.78 is 2.09. The van der Waals surface area contributed by atoms with Gasteiger partial charge in [0.25, 0.3) is 11.5 Å². The summed E-state index contributed by atoms with van der Waals surface area (Å²) in [5.74, 6) is -0.604. The average Bonchev–Trinajstić information content (AvgIpc) is 3.13. The molecule has 0 aliphatic heterocycles. The van der Waals surface area contributed by atoms with Crippen LogP contribution >= 0.6 is 22.9 Å². The zero-order valence-corrected chi connectivity index (χ0v) is 19.2. The van der Waals surface area contributed by atoms with Gasteiger partial charge in [0, 0.05) is 10.7 Å². The number of nitriles is 1. The van der Waals surface area contributed by atoms with E-state index >= 15 is 0 Å². The minimum Gasteiger partial charge on any atom is -0.321 e. The van der Waals surface area contributed by atoms with Gasteiger partial charge in [0.1, 0.15) is 10.7 Å². The van der Waals surface area contributed by atoms with Crippen molar-refractivity contribution >= 4 is 46.2 Å². The lowest BCUT2D eigenvalue weighted by Crippen LogP contribution is -2.32. The number of nitrogens with zero attached hydrogens (tertiary/aromatic N) is 2. The van der Waals surface area contributed by atoms with Crippen molar-refractivity contribution in [1.29, 1.82) is 5.26 Å². The van der Waals surface area contributed by atoms with Crippen molar-refractivity contribution in [3.8, 4) is 11.8 Å². The number of nitrogens with one attached hydrogen (secondary N) is 1. The Hall–Kier alpha value is -3.92. The second kappa shape index (κ2) is 9.70. The molecule has 3 aromatic carbocycles. The van der Waals surface area contributed by atoms with E-state index in [1.165, 1.54) is 4.57 Å². The zero-order chi connectivity index (χ0) is 23.4. The molecule has 1 N–H and O–H groups in total. The highest BCUT2D eigenvalue weighted by atomic mass is 35.5. The highest BCUT2D eigenvalue weighted by molar-refractivity contribution is 7.07. The summed E-state index contributed by atoms with van der Waals surface area (Å²) in [5, 5.41) is 13.1. The molecule has 33 heavy (non-hydrogen) atoms. The Morgan fingerprint density at radius 3 is 2.33 bits per heavy atom. The van der Waals surface area contributed by atoms with Crippen LogP contribution in [0.5, 0.6) is 0 Å². The molecule has 7 heteroatoms. The topological polar surface area (TPSA) is 74.9 Å². The van der Waals surface area contributed by atoms with Crippen LogP contribution in [0.15, 0.2) is 83.7 Å². The normalized spacial score (nSPS) is 12.2. The first-order valence-corrected chi connectivity index (χ1v) is 11.2. The molecule has 0 bridgehead atoms. The van der Waals surface area contributed by atoms with Crippen molar-refractivity contribution in [3.05, 3.63) is 115 Å². The number of amides is 1. The van der Waals surface area contributed by atoms with E-state index in [9.17, 15) is 14.9 Å². The SMILES string of the molecule is Cc1ccc(C=c2sc(=C(C#N)C(=O)Nc3ccc(Cl)cc3)n(-c3ccccc3)c2=O)cc1. The maximum Gasteiger partial charge on any atom is 0.273 e. The van der Waals surface area contributed by atoms with Crippen molar-refractivity contribution in [2.75, 3.05) is 5.32 Å². The van der Waals surface area contributed by atoms with Gasteiger partial charge >= 0.3 is 0 Å². The van der Waals surface area contributed by atoms with Crippen LogP contribution in [0.4, 0.5) is 5.69 Å². The van der Waals surface area contributed by atoms with Gasteiger partial charge in [-0.1, -0.05) is 59.6 Å². The summed E-state index contributed by atoms with van der Waals surface area (Å²) in [6.07, 6.45) is 1.77. The molecule has 0 saturated carbocycles. The van der Waals surface area contributed by atoms with Crippen molar-refractivity contribution in [2.24, 2.45) is 0 Å². The number of hydrogen-bond acceptors (Lipinski definition) is 4. The Balaban J connectivity index is 1.93. The monoisotopic (exact) mass is 471 g/mol. The third kappa shape index (κ3) is 4.96. The van der Waals surface area contributed by atoms with Crippen LogP contribution in [-0.2, 0) is 4.79 Å². The molecule has 0 fully saturated rings. The van der Waals surface area contributed by atoms with Crippen molar-refractivity contribution in [1.82, 2.24) is 4.57 Å². The van der Waals surface area contributed by atoms with E-state index in [0.29, 0.717) is 20.9 Å². The van der Waals surface area contributed by atoms with Crippen molar-refractivity contribution in [3.63, 3.8) is 0 Å².